The molecule has 0 spiro atoms. The lowest BCUT2D eigenvalue weighted by molar-refractivity contribution is 0.375. The van der Waals surface area contributed by atoms with Crippen LogP contribution in [0.4, 0.5) is 0 Å². The SMILES string of the molecule is CC(C)CCCC(C)CCCC(C)CCCC1CCCC1. The summed E-state index contributed by atoms with van der Waals surface area (Å²) in [6.45, 7) is 9.64. The Kier molecular flexibility index (Phi) is 10.5. The third-order valence-electron chi connectivity index (χ3n) is 5.66. The zero-order valence-corrected chi connectivity index (χ0v) is 15.5. The lowest BCUT2D eigenvalue weighted by Gasteiger charge is -2.16. The highest BCUT2D eigenvalue weighted by molar-refractivity contribution is 4.68. The van der Waals surface area contributed by atoms with E-state index in [1.807, 2.05) is 0 Å². The molecule has 0 aliphatic heterocycles. The van der Waals surface area contributed by atoms with Gasteiger partial charge in [0.1, 0.15) is 0 Å². The van der Waals surface area contributed by atoms with E-state index in [1.165, 1.54) is 83.5 Å². The Balaban J connectivity index is 1.90. The highest BCUT2D eigenvalue weighted by atomic mass is 14.2. The zero-order valence-electron chi connectivity index (χ0n) is 15.5. The molecule has 0 heteroatoms. The van der Waals surface area contributed by atoms with E-state index in [-0.39, 0.29) is 0 Å². The Morgan fingerprint density at radius 3 is 1.67 bits per heavy atom. The van der Waals surface area contributed by atoms with Gasteiger partial charge in [0.05, 0.1) is 0 Å². The molecule has 0 N–H and O–H groups in total. The van der Waals surface area contributed by atoms with Crippen molar-refractivity contribution in [3.8, 4) is 0 Å². The van der Waals surface area contributed by atoms with Gasteiger partial charge in [-0.1, -0.05) is 111 Å². The van der Waals surface area contributed by atoms with Gasteiger partial charge in [-0.3, -0.25) is 0 Å². The maximum absolute atomic E-state index is 2.48. The normalized spacial score (nSPS) is 19.3. The molecule has 0 radical (unpaired) electrons. The van der Waals surface area contributed by atoms with Crippen molar-refractivity contribution < 1.29 is 0 Å². The third-order valence-corrected chi connectivity index (χ3v) is 5.66. The van der Waals surface area contributed by atoms with Crippen LogP contribution in [0.15, 0.2) is 0 Å². The number of hydrogen-bond acceptors (Lipinski definition) is 0. The third kappa shape index (κ3) is 10.4. The fourth-order valence-corrected chi connectivity index (χ4v) is 4.03. The summed E-state index contributed by atoms with van der Waals surface area (Å²) in [7, 11) is 0. The highest BCUT2D eigenvalue weighted by Gasteiger charge is 2.14. The van der Waals surface area contributed by atoms with Gasteiger partial charge in [0.25, 0.3) is 0 Å². The molecule has 0 aromatic rings. The fraction of sp³-hybridized carbons (Fsp3) is 1.00. The molecule has 126 valence electrons. The molecule has 1 aliphatic rings. The minimum Gasteiger partial charge on any atom is -0.0628 e. The van der Waals surface area contributed by atoms with Gasteiger partial charge in [0, 0.05) is 0 Å². The van der Waals surface area contributed by atoms with Gasteiger partial charge in [-0.2, -0.15) is 0 Å². The van der Waals surface area contributed by atoms with Crippen LogP contribution in [-0.4, -0.2) is 0 Å². The second kappa shape index (κ2) is 11.6. The topological polar surface area (TPSA) is 0 Å². The van der Waals surface area contributed by atoms with Gasteiger partial charge in [-0.25, -0.2) is 0 Å². The number of rotatable bonds is 12. The molecule has 1 saturated carbocycles. The molecule has 0 bridgehead atoms. The summed E-state index contributed by atoms with van der Waals surface area (Å²) < 4.78 is 0. The van der Waals surface area contributed by atoms with Gasteiger partial charge in [-0.05, 0) is 23.7 Å². The van der Waals surface area contributed by atoms with Crippen molar-refractivity contribution >= 4 is 0 Å². The Bertz CT molecular complexity index is 224. The van der Waals surface area contributed by atoms with Crippen LogP contribution >= 0.6 is 0 Å². The quantitative estimate of drug-likeness (QED) is 0.347. The summed E-state index contributed by atoms with van der Waals surface area (Å²) >= 11 is 0. The van der Waals surface area contributed by atoms with E-state index in [0.717, 1.165) is 23.7 Å². The molecular weight excluding hydrogens is 252 g/mol. The second-order valence-corrected chi connectivity index (χ2v) is 8.55. The Morgan fingerprint density at radius 1 is 0.667 bits per heavy atom. The molecule has 0 heterocycles. The Hall–Kier alpha value is 0. The minimum absolute atomic E-state index is 0.886. The maximum atomic E-state index is 2.48. The smallest absolute Gasteiger partial charge is 0.0414 e. The van der Waals surface area contributed by atoms with Crippen LogP contribution in [0, 0.1) is 23.7 Å². The van der Waals surface area contributed by atoms with Gasteiger partial charge in [-0.15, -0.1) is 0 Å². The fourth-order valence-electron chi connectivity index (χ4n) is 4.03. The van der Waals surface area contributed by atoms with Crippen molar-refractivity contribution in [2.45, 2.75) is 111 Å². The summed E-state index contributed by atoms with van der Waals surface area (Å²) in [5, 5.41) is 0. The summed E-state index contributed by atoms with van der Waals surface area (Å²) in [5.74, 6) is 3.90. The molecular formula is C21H42. The average molecular weight is 295 g/mol. The van der Waals surface area contributed by atoms with E-state index in [9.17, 15) is 0 Å². The Labute approximate surface area is 135 Å². The molecule has 1 aliphatic carbocycles. The Morgan fingerprint density at radius 2 is 1.14 bits per heavy atom. The molecule has 2 unspecified atom stereocenters. The number of hydrogen-bond donors (Lipinski definition) is 0. The molecule has 2 atom stereocenters. The standard InChI is InChI=1S/C21H42/c1-18(2)10-7-11-19(3)12-8-13-20(4)14-9-17-21-15-5-6-16-21/h18-21H,5-17H2,1-4H3. The van der Waals surface area contributed by atoms with E-state index < -0.39 is 0 Å². The molecule has 21 heavy (non-hydrogen) atoms. The maximum Gasteiger partial charge on any atom is -0.0414 e. The van der Waals surface area contributed by atoms with E-state index >= 15 is 0 Å². The molecule has 1 rings (SSSR count). The van der Waals surface area contributed by atoms with E-state index in [0.29, 0.717) is 0 Å². The summed E-state index contributed by atoms with van der Waals surface area (Å²) in [4.78, 5) is 0. The van der Waals surface area contributed by atoms with Gasteiger partial charge in [0.15, 0.2) is 0 Å². The van der Waals surface area contributed by atoms with Crippen LogP contribution in [0.25, 0.3) is 0 Å². The molecule has 1 fully saturated rings. The predicted molar refractivity (Wildman–Crippen MR) is 96.7 cm³/mol. The van der Waals surface area contributed by atoms with Crippen molar-refractivity contribution in [3.63, 3.8) is 0 Å². The largest absolute Gasteiger partial charge is 0.0628 e. The lowest BCUT2D eigenvalue weighted by atomic mass is 9.91. The van der Waals surface area contributed by atoms with Crippen molar-refractivity contribution in [2.75, 3.05) is 0 Å². The van der Waals surface area contributed by atoms with Crippen LogP contribution < -0.4 is 0 Å². The predicted octanol–water partition coefficient (Wildman–Crippen LogP) is 7.62. The molecule has 0 amide bonds. The molecule has 0 nitrogen and oxygen atoms in total. The first-order valence-electron chi connectivity index (χ1n) is 10.1. The first-order chi connectivity index (χ1) is 10.1. The minimum atomic E-state index is 0.886. The summed E-state index contributed by atoms with van der Waals surface area (Å²) in [6, 6.07) is 0. The van der Waals surface area contributed by atoms with Gasteiger partial charge in [0.2, 0.25) is 0 Å². The zero-order chi connectivity index (χ0) is 15.5. The van der Waals surface area contributed by atoms with Gasteiger partial charge >= 0.3 is 0 Å². The average Bonchev–Trinajstić information content (AvgIpc) is 2.91. The van der Waals surface area contributed by atoms with Crippen molar-refractivity contribution in [1.82, 2.24) is 0 Å². The molecule has 0 saturated heterocycles. The molecule has 0 aromatic carbocycles. The summed E-state index contributed by atoms with van der Waals surface area (Å²) in [6.07, 6.45) is 19.3. The van der Waals surface area contributed by atoms with E-state index in [2.05, 4.69) is 27.7 Å². The van der Waals surface area contributed by atoms with Crippen LogP contribution in [0.3, 0.4) is 0 Å². The first-order valence-corrected chi connectivity index (χ1v) is 10.1. The van der Waals surface area contributed by atoms with Crippen molar-refractivity contribution in [2.24, 2.45) is 23.7 Å². The molecule has 0 aromatic heterocycles. The van der Waals surface area contributed by atoms with Crippen molar-refractivity contribution in [3.05, 3.63) is 0 Å². The van der Waals surface area contributed by atoms with E-state index in [1.54, 1.807) is 0 Å². The van der Waals surface area contributed by atoms with Crippen LogP contribution in [0.2, 0.25) is 0 Å². The van der Waals surface area contributed by atoms with Crippen molar-refractivity contribution in [1.29, 1.82) is 0 Å². The second-order valence-electron chi connectivity index (χ2n) is 8.55. The summed E-state index contributed by atoms with van der Waals surface area (Å²) in [5.41, 5.74) is 0. The van der Waals surface area contributed by atoms with Gasteiger partial charge < -0.3 is 0 Å². The monoisotopic (exact) mass is 294 g/mol. The first kappa shape index (κ1) is 19.0. The lowest BCUT2D eigenvalue weighted by Crippen LogP contribution is -2.01. The van der Waals surface area contributed by atoms with E-state index in [4.69, 9.17) is 0 Å². The van der Waals surface area contributed by atoms with Crippen LogP contribution in [0.1, 0.15) is 111 Å². The van der Waals surface area contributed by atoms with Crippen LogP contribution in [0.5, 0.6) is 0 Å². The highest BCUT2D eigenvalue weighted by Crippen LogP contribution is 2.30. The van der Waals surface area contributed by atoms with Crippen LogP contribution in [-0.2, 0) is 0 Å².